The number of nitrogens with zero attached hydrogens (tertiary/aromatic N) is 2. The average Bonchev–Trinajstić information content (AvgIpc) is 3.32. The highest BCUT2D eigenvalue weighted by Gasteiger charge is 2.16. The minimum Gasteiger partial charge on any atom is -0.234 e. The lowest BCUT2D eigenvalue weighted by Crippen LogP contribution is -2.37. The Balaban J connectivity index is 1.68. The zero-order valence-electron chi connectivity index (χ0n) is 25.6. The monoisotopic (exact) mass is 523 g/mol. The Morgan fingerprint density at radius 2 is 1.03 bits per heavy atom. The third kappa shape index (κ3) is 15.7. The molecular formula is C36H63N2+. The van der Waals surface area contributed by atoms with E-state index in [1.54, 1.807) is 5.82 Å². The normalized spacial score (nSPS) is 11.4. The van der Waals surface area contributed by atoms with Gasteiger partial charge in [-0.3, -0.25) is 0 Å². The topological polar surface area (TPSA) is 8.81 Å². The van der Waals surface area contributed by atoms with E-state index < -0.39 is 0 Å². The number of rotatable bonds is 26. The summed E-state index contributed by atoms with van der Waals surface area (Å²) in [7, 11) is 0. The van der Waals surface area contributed by atoms with Crippen molar-refractivity contribution in [2.24, 2.45) is 0 Å². The third-order valence-corrected chi connectivity index (χ3v) is 8.30. The summed E-state index contributed by atoms with van der Waals surface area (Å²) in [6.45, 7) is 6.96. The van der Waals surface area contributed by atoms with Crippen molar-refractivity contribution in [1.29, 1.82) is 0 Å². The summed E-state index contributed by atoms with van der Waals surface area (Å²) in [4.78, 5) is 0. The van der Waals surface area contributed by atoms with Crippen molar-refractivity contribution in [2.75, 3.05) is 0 Å². The second-order valence-corrected chi connectivity index (χ2v) is 11.8. The lowest BCUT2D eigenvalue weighted by atomic mass is 10.1. The van der Waals surface area contributed by atoms with E-state index in [0.29, 0.717) is 0 Å². The molecule has 0 radical (unpaired) electrons. The minimum absolute atomic E-state index is 1.15. The van der Waals surface area contributed by atoms with Gasteiger partial charge in [0.15, 0.2) is 0 Å². The van der Waals surface area contributed by atoms with Gasteiger partial charge >= 0.3 is 0 Å². The van der Waals surface area contributed by atoms with E-state index >= 15 is 0 Å². The number of hydrogen-bond acceptors (Lipinski definition) is 0. The van der Waals surface area contributed by atoms with Gasteiger partial charge in [0.25, 0.3) is 5.82 Å². The van der Waals surface area contributed by atoms with Crippen molar-refractivity contribution in [1.82, 2.24) is 4.57 Å². The predicted molar refractivity (Wildman–Crippen MR) is 167 cm³/mol. The highest BCUT2D eigenvalue weighted by atomic mass is 15.1. The van der Waals surface area contributed by atoms with Crippen LogP contribution in [-0.4, -0.2) is 4.57 Å². The molecule has 2 rings (SSSR count). The first-order valence-electron chi connectivity index (χ1n) is 17.0. The molecule has 0 saturated heterocycles. The van der Waals surface area contributed by atoms with Gasteiger partial charge in [-0.2, -0.15) is 0 Å². The van der Waals surface area contributed by atoms with Crippen molar-refractivity contribution >= 4 is 0 Å². The van der Waals surface area contributed by atoms with Crippen LogP contribution < -0.4 is 4.57 Å². The summed E-state index contributed by atoms with van der Waals surface area (Å²) < 4.78 is 5.17. The van der Waals surface area contributed by atoms with Crippen LogP contribution in [-0.2, 0) is 25.9 Å². The zero-order valence-corrected chi connectivity index (χ0v) is 25.6. The van der Waals surface area contributed by atoms with Gasteiger partial charge in [-0.25, -0.2) is 9.13 Å². The van der Waals surface area contributed by atoms with Gasteiger partial charge in [-0.1, -0.05) is 153 Å². The van der Waals surface area contributed by atoms with Crippen molar-refractivity contribution in [2.45, 2.75) is 175 Å². The summed E-state index contributed by atoms with van der Waals surface area (Å²) in [6.07, 6.45) is 36.7. The van der Waals surface area contributed by atoms with Gasteiger partial charge in [0.2, 0.25) is 0 Å². The second-order valence-electron chi connectivity index (χ2n) is 11.8. The first-order valence-corrected chi connectivity index (χ1v) is 17.0. The molecule has 2 aromatic rings. The Labute approximate surface area is 237 Å². The van der Waals surface area contributed by atoms with Crippen molar-refractivity contribution in [3.05, 3.63) is 54.1 Å². The predicted octanol–water partition coefficient (Wildman–Crippen LogP) is 10.8. The number of aryl methyl sites for hydroxylation is 3. The molecule has 38 heavy (non-hydrogen) atoms. The Bertz CT molecular complexity index is 763. The summed E-state index contributed by atoms with van der Waals surface area (Å²) in [5.74, 6) is 1.58. The SMILES string of the molecule is CCCCCCCCCCCCCCn1cc[n+](CCCc2ccccc2)c1CCCCCCCCCC. The maximum atomic E-state index is 2.60. The van der Waals surface area contributed by atoms with Gasteiger partial charge in [-0.05, 0) is 37.7 Å². The second kappa shape index (κ2) is 23.3. The maximum Gasteiger partial charge on any atom is 0.256 e. The molecule has 0 aliphatic rings. The molecule has 2 heteroatoms. The van der Waals surface area contributed by atoms with Crippen LogP contribution in [0.25, 0.3) is 0 Å². The first kappa shape index (κ1) is 32.6. The van der Waals surface area contributed by atoms with Crippen molar-refractivity contribution in [3.63, 3.8) is 0 Å². The van der Waals surface area contributed by atoms with Gasteiger partial charge in [-0.15, -0.1) is 0 Å². The summed E-state index contributed by atoms with van der Waals surface area (Å²) in [5, 5.41) is 0. The quantitative estimate of drug-likeness (QED) is 0.0856. The molecule has 0 aliphatic heterocycles. The molecular weight excluding hydrogens is 460 g/mol. The highest BCUT2D eigenvalue weighted by Crippen LogP contribution is 2.14. The van der Waals surface area contributed by atoms with E-state index in [4.69, 9.17) is 0 Å². The molecule has 1 aromatic carbocycles. The lowest BCUT2D eigenvalue weighted by molar-refractivity contribution is -0.704. The van der Waals surface area contributed by atoms with Crippen LogP contribution >= 0.6 is 0 Å². The lowest BCUT2D eigenvalue weighted by Gasteiger charge is -2.07. The number of imidazole rings is 1. The maximum absolute atomic E-state index is 2.60. The standard InChI is InChI=1S/C36H63N2/c1-3-5-7-9-11-13-14-15-16-18-20-25-31-37-33-34-38(32-26-29-35-27-22-21-23-28-35)36(37)30-24-19-17-12-10-8-6-4-2/h21-23,27-28,33-34H,3-20,24-26,29-32H2,1-2H3/q+1. The molecule has 0 atom stereocenters. The van der Waals surface area contributed by atoms with E-state index in [9.17, 15) is 0 Å². The molecule has 216 valence electrons. The van der Waals surface area contributed by atoms with Crippen LogP contribution in [0.3, 0.4) is 0 Å². The Hall–Kier alpha value is -1.57. The van der Waals surface area contributed by atoms with Gasteiger partial charge in [0.05, 0.1) is 13.1 Å². The van der Waals surface area contributed by atoms with Crippen LogP contribution in [0.1, 0.15) is 160 Å². The van der Waals surface area contributed by atoms with E-state index in [-0.39, 0.29) is 0 Å². The zero-order chi connectivity index (χ0) is 26.9. The Morgan fingerprint density at radius 3 is 1.58 bits per heavy atom. The van der Waals surface area contributed by atoms with Crippen molar-refractivity contribution in [3.8, 4) is 0 Å². The first-order chi connectivity index (χ1) is 18.8. The molecule has 0 amide bonds. The van der Waals surface area contributed by atoms with E-state index in [2.05, 4.69) is 65.7 Å². The number of benzene rings is 1. The van der Waals surface area contributed by atoms with Gasteiger partial charge < -0.3 is 0 Å². The number of aromatic nitrogens is 2. The fourth-order valence-corrected chi connectivity index (χ4v) is 5.83. The molecule has 0 N–H and O–H groups in total. The van der Waals surface area contributed by atoms with Gasteiger partial charge in [0.1, 0.15) is 12.4 Å². The smallest absolute Gasteiger partial charge is 0.234 e. The Kier molecular flexibility index (Phi) is 20.0. The third-order valence-electron chi connectivity index (χ3n) is 8.30. The van der Waals surface area contributed by atoms with Crippen LogP contribution in [0.4, 0.5) is 0 Å². The molecule has 1 heterocycles. The van der Waals surface area contributed by atoms with Crippen LogP contribution in [0, 0.1) is 0 Å². The molecule has 1 aromatic heterocycles. The number of unbranched alkanes of at least 4 members (excludes halogenated alkanes) is 18. The minimum atomic E-state index is 1.15. The van der Waals surface area contributed by atoms with Crippen molar-refractivity contribution < 1.29 is 4.57 Å². The average molecular weight is 524 g/mol. The molecule has 0 unspecified atom stereocenters. The van der Waals surface area contributed by atoms with Crippen LogP contribution in [0.15, 0.2) is 42.7 Å². The van der Waals surface area contributed by atoms with E-state index in [0.717, 1.165) is 6.54 Å². The van der Waals surface area contributed by atoms with Crippen LogP contribution in [0.2, 0.25) is 0 Å². The summed E-state index contributed by atoms with van der Waals surface area (Å²) in [6, 6.07) is 11.0. The molecule has 0 bridgehead atoms. The van der Waals surface area contributed by atoms with Crippen LogP contribution in [0.5, 0.6) is 0 Å². The number of hydrogen-bond donors (Lipinski definition) is 0. The van der Waals surface area contributed by atoms with E-state index in [1.165, 1.54) is 160 Å². The molecule has 0 fully saturated rings. The highest BCUT2D eigenvalue weighted by molar-refractivity contribution is 5.14. The van der Waals surface area contributed by atoms with Gasteiger partial charge in [0, 0.05) is 6.42 Å². The Morgan fingerprint density at radius 1 is 0.526 bits per heavy atom. The summed E-state index contributed by atoms with van der Waals surface area (Å²) >= 11 is 0. The largest absolute Gasteiger partial charge is 0.256 e. The molecule has 0 saturated carbocycles. The molecule has 0 spiro atoms. The molecule has 0 aliphatic carbocycles. The summed E-state index contributed by atoms with van der Waals surface area (Å²) in [5.41, 5.74) is 1.47. The fraction of sp³-hybridized carbons (Fsp3) is 0.750. The molecule has 2 nitrogen and oxygen atoms in total. The van der Waals surface area contributed by atoms with E-state index in [1.807, 2.05) is 0 Å². The fourth-order valence-electron chi connectivity index (χ4n) is 5.83.